The van der Waals surface area contributed by atoms with Crippen molar-refractivity contribution < 1.29 is 27.8 Å². The number of rotatable bonds is 8. The predicted molar refractivity (Wildman–Crippen MR) is 135 cm³/mol. The smallest absolute Gasteiger partial charge is 0.355 e. The van der Waals surface area contributed by atoms with Crippen LogP contribution in [0.25, 0.3) is 22.2 Å². The van der Waals surface area contributed by atoms with Crippen LogP contribution in [-0.4, -0.2) is 52.7 Å². The average molecular weight is 526 g/mol. The number of nitrogens with one attached hydrogen (secondary N) is 1. The summed E-state index contributed by atoms with van der Waals surface area (Å²) in [6.07, 6.45) is -0.380. The van der Waals surface area contributed by atoms with Gasteiger partial charge in [-0.2, -0.15) is 5.10 Å². The van der Waals surface area contributed by atoms with Gasteiger partial charge in [-0.15, -0.1) is 0 Å². The van der Waals surface area contributed by atoms with Crippen LogP contribution in [0.4, 0.5) is 0 Å². The van der Waals surface area contributed by atoms with Crippen molar-refractivity contribution in [1.29, 1.82) is 0 Å². The van der Waals surface area contributed by atoms with Gasteiger partial charge in [-0.05, 0) is 50.8 Å². The van der Waals surface area contributed by atoms with Gasteiger partial charge < -0.3 is 14.6 Å². The zero-order chi connectivity index (χ0) is 26.3. The number of H-pyrrole nitrogens is 1. The monoisotopic (exact) mass is 525 g/mol. The van der Waals surface area contributed by atoms with Crippen LogP contribution in [0.5, 0.6) is 0 Å². The normalized spacial score (nSPS) is 13.5. The fourth-order valence-electron chi connectivity index (χ4n) is 3.89. The molecule has 0 aliphatic heterocycles. The van der Waals surface area contributed by atoms with Crippen LogP contribution in [0.1, 0.15) is 75.6 Å². The second-order valence-corrected chi connectivity index (χ2v) is 12.3. The van der Waals surface area contributed by atoms with Gasteiger partial charge in [-0.1, -0.05) is 37.6 Å². The summed E-state index contributed by atoms with van der Waals surface area (Å²) in [4.78, 5) is 13.3. The summed E-state index contributed by atoms with van der Waals surface area (Å²) in [5.41, 5.74) is 2.37. The Labute approximate surface area is 210 Å². The van der Waals surface area contributed by atoms with Crippen molar-refractivity contribution in [3.05, 3.63) is 40.2 Å². The highest BCUT2D eigenvalue weighted by Crippen LogP contribution is 2.41. The second-order valence-electron chi connectivity index (χ2n) is 9.73. The van der Waals surface area contributed by atoms with Gasteiger partial charge in [0.25, 0.3) is 0 Å². The maximum Gasteiger partial charge on any atom is 0.355 e. The molecule has 0 saturated carbocycles. The summed E-state index contributed by atoms with van der Waals surface area (Å²) in [6, 6.07) is 4.89. The van der Waals surface area contributed by atoms with Crippen molar-refractivity contribution in [2.45, 2.75) is 65.2 Å². The number of carbonyl (C=O) groups excluding carboxylic acids is 1. The number of halogens is 1. The largest absolute Gasteiger partial charge is 0.461 e. The molecule has 192 valence electrons. The van der Waals surface area contributed by atoms with E-state index in [1.165, 1.54) is 4.57 Å². The minimum absolute atomic E-state index is 0.0390. The van der Waals surface area contributed by atoms with Crippen LogP contribution in [-0.2, 0) is 25.1 Å². The third kappa shape index (κ3) is 5.88. The molecule has 2 N–H and O–H groups in total. The lowest BCUT2D eigenvalue weighted by Crippen LogP contribution is -2.28. The number of aromatic nitrogens is 3. The van der Waals surface area contributed by atoms with E-state index in [1.807, 2.05) is 13.8 Å². The third-order valence-electron chi connectivity index (χ3n) is 5.19. The summed E-state index contributed by atoms with van der Waals surface area (Å²) in [7, 11) is -3.30. The topological polar surface area (TPSA) is 124 Å². The van der Waals surface area contributed by atoms with Crippen molar-refractivity contribution in [3.63, 3.8) is 0 Å². The lowest BCUT2D eigenvalue weighted by molar-refractivity contribution is -0.208. The molecule has 0 aliphatic rings. The maximum absolute atomic E-state index is 13.3. The number of benzene rings is 1. The first-order valence-corrected chi connectivity index (χ1v) is 13.7. The average Bonchev–Trinajstić information content (AvgIpc) is 3.25. The Hall–Kier alpha value is -2.40. The van der Waals surface area contributed by atoms with Crippen LogP contribution < -0.4 is 0 Å². The molecule has 1 unspecified atom stereocenters. The lowest BCUT2D eigenvalue weighted by atomic mass is 10.0. The Morgan fingerprint density at radius 1 is 1.29 bits per heavy atom. The molecule has 0 radical (unpaired) electrons. The van der Waals surface area contributed by atoms with E-state index in [4.69, 9.17) is 21.1 Å². The van der Waals surface area contributed by atoms with E-state index in [9.17, 15) is 18.3 Å². The number of nitrogens with zero attached hydrogens (tertiary/aromatic N) is 2. The fraction of sp³-hybridized carbons (Fsp3) is 0.500. The second kappa shape index (κ2) is 9.93. The van der Waals surface area contributed by atoms with Gasteiger partial charge in [0.2, 0.25) is 6.41 Å². The van der Waals surface area contributed by atoms with Crippen LogP contribution >= 0.6 is 11.6 Å². The van der Waals surface area contributed by atoms with Crippen LogP contribution in [0.2, 0.25) is 5.02 Å². The number of hydrogen-bond donors (Lipinski definition) is 2. The number of ether oxygens (including phenoxy) is 2. The van der Waals surface area contributed by atoms with Gasteiger partial charge in [0, 0.05) is 16.8 Å². The third-order valence-corrected chi connectivity index (χ3v) is 6.38. The minimum atomic E-state index is -3.30. The van der Waals surface area contributed by atoms with Gasteiger partial charge in [0.15, 0.2) is 9.84 Å². The van der Waals surface area contributed by atoms with Gasteiger partial charge in [-0.25, -0.2) is 13.2 Å². The highest BCUT2D eigenvalue weighted by molar-refractivity contribution is 7.89. The molecule has 11 heteroatoms. The van der Waals surface area contributed by atoms with Crippen molar-refractivity contribution in [3.8, 4) is 11.1 Å². The van der Waals surface area contributed by atoms with E-state index < -0.39 is 27.8 Å². The predicted octanol–water partition coefficient (Wildman–Crippen LogP) is 4.79. The molecule has 35 heavy (non-hydrogen) atoms. The molecule has 0 spiro atoms. The SMILES string of the molecule is CCOC(=O)c1c(-c2ccc(CS(C)(=O)=O)c(Cl)c2)c2[nH]nc(C(C)C)c2n1C(O)OC(C)(C)C. The molecule has 2 aromatic heterocycles. The van der Waals surface area contributed by atoms with Crippen LogP contribution in [0.15, 0.2) is 18.2 Å². The zero-order valence-electron chi connectivity index (χ0n) is 21.0. The first-order chi connectivity index (χ1) is 16.1. The summed E-state index contributed by atoms with van der Waals surface area (Å²) >= 11 is 6.45. The standard InChI is InChI=1S/C24H32ClN3O6S/c1-8-33-22(29)20-17(14-9-10-15(16(25)11-14)12-35(7,31)32)19-21(18(13(2)3)26-27-19)28(20)23(30)34-24(4,5)6/h9-11,13,23,30H,8,12H2,1-7H3,(H,26,27). The van der Waals surface area contributed by atoms with Crippen LogP contribution in [0, 0.1) is 0 Å². The molecule has 3 rings (SSSR count). The van der Waals surface area contributed by atoms with Gasteiger partial charge >= 0.3 is 5.97 Å². The molecule has 0 saturated heterocycles. The fourth-order valence-corrected chi connectivity index (χ4v) is 5.04. The molecule has 1 atom stereocenters. The van der Waals surface area contributed by atoms with Gasteiger partial charge in [0.1, 0.15) is 5.69 Å². The molecule has 1 aromatic carbocycles. The Bertz CT molecular complexity index is 1350. The Morgan fingerprint density at radius 2 is 1.94 bits per heavy atom. The van der Waals surface area contributed by atoms with Crippen molar-refractivity contribution in [2.75, 3.05) is 12.9 Å². The lowest BCUT2D eigenvalue weighted by Gasteiger charge is -2.26. The van der Waals surface area contributed by atoms with E-state index in [0.717, 1.165) is 6.26 Å². The van der Waals surface area contributed by atoms with E-state index in [2.05, 4.69) is 10.2 Å². The number of hydrogen-bond acceptors (Lipinski definition) is 7. The van der Waals surface area contributed by atoms with Crippen molar-refractivity contribution in [1.82, 2.24) is 14.8 Å². The molecule has 9 nitrogen and oxygen atoms in total. The number of sulfone groups is 1. The molecular weight excluding hydrogens is 494 g/mol. The summed E-state index contributed by atoms with van der Waals surface area (Å²) in [5, 5.41) is 18.8. The molecule has 0 amide bonds. The molecular formula is C24H32ClN3O6S. The van der Waals surface area contributed by atoms with Crippen molar-refractivity contribution in [2.24, 2.45) is 0 Å². The molecule has 0 bridgehead atoms. The number of aliphatic hydroxyl groups excluding tert-OH is 1. The number of carbonyl (C=O) groups is 1. The van der Waals surface area contributed by atoms with Crippen molar-refractivity contribution >= 4 is 38.4 Å². The Balaban J connectivity index is 2.37. The first kappa shape index (κ1) is 27.2. The van der Waals surface area contributed by atoms with E-state index in [0.29, 0.717) is 33.4 Å². The van der Waals surface area contributed by atoms with E-state index in [-0.39, 0.29) is 29.0 Å². The Morgan fingerprint density at radius 3 is 2.46 bits per heavy atom. The number of aromatic amines is 1. The highest BCUT2D eigenvalue weighted by atomic mass is 35.5. The summed E-state index contributed by atoms with van der Waals surface area (Å²) < 4.78 is 36.1. The number of fused-ring (bicyclic) bond motifs is 1. The van der Waals surface area contributed by atoms with Crippen LogP contribution in [0.3, 0.4) is 0 Å². The van der Waals surface area contributed by atoms with Gasteiger partial charge in [0.05, 0.1) is 34.7 Å². The van der Waals surface area contributed by atoms with E-state index >= 15 is 0 Å². The molecule has 0 aliphatic carbocycles. The highest BCUT2D eigenvalue weighted by Gasteiger charge is 2.33. The minimum Gasteiger partial charge on any atom is -0.461 e. The quantitative estimate of drug-likeness (QED) is 0.320. The zero-order valence-corrected chi connectivity index (χ0v) is 22.5. The van der Waals surface area contributed by atoms with E-state index in [1.54, 1.807) is 45.9 Å². The summed E-state index contributed by atoms with van der Waals surface area (Å²) in [6.45, 7) is 11.1. The summed E-state index contributed by atoms with van der Waals surface area (Å²) in [5.74, 6) is -0.912. The molecule has 0 fully saturated rings. The van der Waals surface area contributed by atoms with Gasteiger partial charge in [-0.3, -0.25) is 9.67 Å². The maximum atomic E-state index is 13.3. The Kier molecular flexibility index (Phi) is 7.71. The first-order valence-electron chi connectivity index (χ1n) is 11.3. The number of aliphatic hydroxyl groups is 1. The number of esters is 1. The molecule has 2 heterocycles. The molecule has 3 aromatic rings.